The molecule has 0 radical (unpaired) electrons. The quantitative estimate of drug-likeness (QED) is 0.783. The molecule has 0 atom stereocenters. The molecule has 2 aromatic carbocycles. The molecular weight excluding hydrogens is 268 g/mol. The summed E-state index contributed by atoms with van der Waals surface area (Å²) >= 11 is 0. The molecule has 0 bridgehead atoms. The highest BCUT2D eigenvalue weighted by atomic mass is 16.4. The number of fused-ring (bicyclic) bond motifs is 2. The molecule has 104 valence electrons. The maximum atomic E-state index is 12.7. The maximum absolute atomic E-state index is 12.7. The molecule has 4 heteroatoms. The summed E-state index contributed by atoms with van der Waals surface area (Å²) in [5.41, 5.74) is 1.75. The summed E-state index contributed by atoms with van der Waals surface area (Å²) in [4.78, 5) is 36.5. The molecule has 0 unspecified atom stereocenters. The summed E-state index contributed by atoms with van der Waals surface area (Å²) < 4.78 is 0. The molecule has 3 rings (SSSR count). The Morgan fingerprint density at radius 3 is 2.14 bits per heavy atom. The molecule has 0 aromatic heterocycles. The minimum atomic E-state index is -1.09. The normalized spacial score (nSPS) is 12.8. The number of benzene rings is 2. The molecule has 0 saturated carbocycles. The van der Waals surface area contributed by atoms with Crippen LogP contribution in [-0.2, 0) is 6.42 Å². The van der Waals surface area contributed by atoms with Crippen molar-refractivity contribution in [2.24, 2.45) is 0 Å². The van der Waals surface area contributed by atoms with E-state index in [1.54, 1.807) is 31.2 Å². The van der Waals surface area contributed by atoms with Crippen LogP contribution < -0.4 is 0 Å². The second-order valence-electron chi connectivity index (χ2n) is 4.88. The largest absolute Gasteiger partial charge is 0.478 e. The van der Waals surface area contributed by atoms with Gasteiger partial charge in [-0.2, -0.15) is 0 Å². The summed E-state index contributed by atoms with van der Waals surface area (Å²) in [5.74, 6) is -1.60. The highest BCUT2D eigenvalue weighted by Gasteiger charge is 2.32. The van der Waals surface area contributed by atoms with E-state index >= 15 is 0 Å². The summed E-state index contributed by atoms with van der Waals surface area (Å²) in [6.45, 7) is 1.78. The number of carbonyl (C=O) groups is 3. The monoisotopic (exact) mass is 280 g/mol. The highest BCUT2D eigenvalue weighted by molar-refractivity contribution is 6.29. The molecule has 4 nitrogen and oxygen atoms in total. The second-order valence-corrected chi connectivity index (χ2v) is 4.88. The third-order valence-electron chi connectivity index (χ3n) is 3.78. The van der Waals surface area contributed by atoms with Crippen molar-refractivity contribution in [3.63, 3.8) is 0 Å². The van der Waals surface area contributed by atoms with E-state index in [1.165, 1.54) is 12.1 Å². The van der Waals surface area contributed by atoms with Crippen LogP contribution in [0.5, 0.6) is 0 Å². The number of aromatic carboxylic acids is 1. The molecule has 0 saturated heterocycles. The summed E-state index contributed by atoms with van der Waals surface area (Å²) in [7, 11) is 0. The van der Waals surface area contributed by atoms with Crippen molar-refractivity contribution in [3.8, 4) is 0 Å². The number of carboxylic acid groups (broad SMARTS) is 1. The number of carboxylic acids is 1. The summed E-state index contributed by atoms with van der Waals surface area (Å²) in [6.07, 6.45) is 0.381. The van der Waals surface area contributed by atoms with Crippen LogP contribution >= 0.6 is 0 Å². The van der Waals surface area contributed by atoms with Gasteiger partial charge in [0.05, 0.1) is 5.56 Å². The van der Waals surface area contributed by atoms with E-state index in [1.807, 2.05) is 0 Å². The van der Waals surface area contributed by atoms with E-state index in [4.69, 9.17) is 0 Å². The topological polar surface area (TPSA) is 71.4 Å². The number of rotatable bonds is 2. The predicted molar refractivity (Wildman–Crippen MR) is 76.1 cm³/mol. The Labute approximate surface area is 121 Å². The van der Waals surface area contributed by atoms with Crippen molar-refractivity contribution in [2.45, 2.75) is 13.3 Å². The van der Waals surface area contributed by atoms with E-state index in [-0.39, 0.29) is 22.7 Å². The molecule has 0 spiro atoms. The number of ketones is 2. The van der Waals surface area contributed by atoms with Crippen LogP contribution in [0.1, 0.15) is 54.7 Å². The van der Waals surface area contributed by atoms with Crippen molar-refractivity contribution in [3.05, 3.63) is 69.8 Å². The molecule has 2 aromatic rings. The molecule has 1 aliphatic carbocycles. The van der Waals surface area contributed by atoms with Crippen LogP contribution in [0.15, 0.2) is 36.4 Å². The first-order chi connectivity index (χ1) is 10.1. The fraction of sp³-hybridized carbons (Fsp3) is 0.118. The minimum absolute atomic E-state index is 0.0804. The van der Waals surface area contributed by atoms with E-state index in [0.29, 0.717) is 28.7 Å². The Morgan fingerprint density at radius 2 is 1.57 bits per heavy atom. The van der Waals surface area contributed by atoms with Crippen LogP contribution in [-0.4, -0.2) is 22.6 Å². The first-order valence-corrected chi connectivity index (χ1v) is 6.63. The van der Waals surface area contributed by atoms with Crippen LogP contribution in [0, 0.1) is 0 Å². The lowest BCUT2D eigenvalue weighted by Gasteiger charge is -2.20. The fourth-order valence-corrected chi connectivity index (χ4v) is 2.82. The van der Waals surface area contributed by atoms with Gasteiger partial charge in [0, 0.05) is 22.3 Å². The Kier molecular flexibility index (Phi) is 2.94. The first-order valence-electron chi connectivity index (χ1n) is 6.63. The van der Waals surface area contributed by atoms with Gasteiger partial charge < -0.3 is 5.11 Å². The third kappa shape index (κ3) is 1.80. The minimum Gasteiger partial charge on any atom is -0.478 e. The Morgan fingerprint density at radius 1 is 0.952 bits per heavy atom. The van der Waals surface area contributed by atoms with Gasteiger partial charge in [0.1, 0.15) is 0 Å². The number of hydrogen-bond donors (Lipinski definition) is 1. The van der Waals surface area contributed by atoms with Gasteiger partial charge in [-0.15, -0.1) is 0 Å². The number of carbonyl (C=O) groups excluding carboxylic acids is 2. The lowest BCUT2D eigenvalue weighted by Crippen LogP contribution is -2.24. The average Bonchev–Trinajstić information content (AvgIpc) is 2.51. The summed E-state index contributed by atoms with van der Waals surface area (Å²) in [5, 5.41) is 9.25. The molecule has 1 aliphatic rings. The van der Waals surface area contributed by atoms with Crippen molar-refractivity contribution in [1.82, 2.24) is 0 Å². The predicted octanol–water partition coefficient (Wildman–Crippen LogP) is 2.72. The molecule has 0 aliphatic heterocycles. The first kappa shape index (κ1) is 13.2. The van der Waals surface area contributed by atoms with Crippen LogP contribution in [0.4, 0.5) is 0 Å². The fourth-order valence-electron chi connectivity index (χ4n) is 2.82. The highest BCUT2D eigenvalue weighted by Crippen LogP contribution is 2.31. The van der Waals surface area contributed by atoms with Gasteiger partial charge in [0.25, 0.3) is 0 Å². The van der Waals surface area contributed by atoms with Crippen molar-refractivity contribution >= 4 is 17.5 Å². The zero-order valence-corrected chi connectivity index (χ0v) is 11.3. The number of hydrogen-bond acceptors (Lipinski definition) is 3. The molecule has 1 N–H and O–H groups in total. The SMILES string of the molecule is CCc1c(C(=O)O)ccc2c1C(=O)c1ccccc1C2=O. The molecular formula is C17H12O4. The van der Waals surface area contributed by atoms with Crippen molar-refractivity contribution < 1.29 is 19.5 Å². The van der Waals surface area contributed by atoms with Crippen LogP contribution in [0.3, 0.4) is 0 Å². The van der Waals surface area contributed by atoms with Gasteiger partial charge >= 0.3 is 5.97 Å². The van der Waals surface area contributed by atoms with Crippen LogP contribution in [0.2, 0.25) is 0 Å². The van der Waals surface area contributed by atoms with E-state index in [0.717, 1.165) is 0 Å². The van der Waals surface area contributed by atoms with Gasteiger partial charge in [-0.05, 0) is 24.1 Å². The zero-order chi connectivity index (χ0) is 15.1. The van der Waals surface area contributed by atoms with Crippen LogP contribution in [0.25, 0.3) is 0 Å². The van der Waals surface area contributed by atoms with Gasteiger partial charge in [-0.3, -0.25) is 9.59 Å². The average molecular weight is 280 g/mol. The molecule has 0 heterocycles. The zero-order valence-electron chi connectivity index (χ0n) is 11.3. The van der Waals surface area contributed by atoms with E-state index in [2.05, 4.69) is 0 Å². The maximum Gasteiger partial charge on any atom is 0.335 e. The Hall–Kier alpha value is -2.75. The second kappa shape index (κ2) is 4.66. The lowest BCUT2D eigenvalue weighted by atomic mass is 9.80. The Balaban J connectivity index is 2.35. The molecule has 0 fully saturated rings. The van der Waals surface area contributed by atoms with Crippen molar-refractivity contribution in [2.75, 3.05) is 0 Å². The lowest BCUT2D eigenvalue weighted by molar-refractivity contribution is 0.0695. The van der Waals surface area contributed by atoms with Gasteiger partial charge in [-0.1, -0.05) is 31.2 Å². The third-order valence-corrected chi connectivity index (χ3v) is 3.78. The summed E-state index contributed by atoms with van der Waals surface area (Å²) in [6, 6.07) is 9.47. The molecule has 21 heavy (non-hydrogen) atoms. The standard InChI is InChI=1S/C17H12O4/c1-2-9-12(17(20)21)7-8-13-14(9)16(19)11-6-4-3-5-10(11)15(13)18/h3-8H,2H2,1H3,(H,20,21). The Bertz CT molecular complexity index is 802. The van der Waals surface area contributed by atoms with E-state index < -0.39 is 5.97 Å². The smallest absolute Gasteiger partial charge is 0.335 e. The molecule has 0 amide bonds. The van der Waals surface area contributed by atoms with Gasteiger partial charge in [-0.25, -0.2) is 4.79 Å². The van der Waals surface area contributed by atoms with Gasteiger partial charge in [0.2, 0.25) is 0 Å². The van der Waals surface area contributed by atoms with E-state index in [9.17, 15) is 19.5 Å². The van der Waals surface area contributed by atoms with Gasteiger partial charge in [0.15, 0.2) is 11.6 Å². The van der Waals surface area contributed by atoms with Crippen molar-refractivity contribution in [1.29, 1.82) is 0 Å².